The molecule has 140 valence electrons. The number of ether oxygens (including phenoxy) is 2. The molecule has 1 fully saturated rings. The van der Waals surface area contributed by atoms with Crippen molar-refractivity contribution in [1.82, 2.24) is 19.9 Å². The van der Waals surface area contributed by atoms with E-state index in [0.717, 1.165) is 0 Å². The SMILES string of the molecule is N#Cc1cccc(Oc2cc(-c3cnc(N)nc3)nc(N3CCOCC3)n2)c1. The summed E-state index contributed by atoms with van der Waals surface area (Å²) >= 11 is 0. The summed E-state index contributed by atoms with van der Waals surface area (Å²) in [6.07, 6.45) is 3.21. The minimum Gasteiger partial charge on any atom is -0.439 e. The highest BCUT2D eigenvalue weighted by atomic mass is 16.5. The molecule has 0 unspecified atom stereocenters. The topological polar surface area (TPSA) is 123 Å². The van der Waals surface area contributed by atoms with E-state index in [9.17, 15) is 0 Å². The van der Waals surface area contributed by atoms with Crippen LogP contribution in [-0.4, -0.2) is 46.2 Å². The maximum atomic E-state index is 9.08. The molecule has 1 aromatic carbocycles. The molecule has 0 bridgehead atoms. The zero-order valence-electron chi connectivity index (χ0n) is 14.9. The van der Waals surface area contributed by atoms with Gasteiger partial charge < -0.3 is 20.1 Å². The van der Waals surface area contributed by atoms with Gasteiger partial charge in [0.05, 0.1) is 30.5 Å². The van der Waals surface area contributed by atoms with Crippen molar-refractivity contribution in [3.05, 3.63) is 48.3 Å². The third-order valence-corrected chi connectivity index (χ3v) is 4.14. The van der Waals surface area contributed by atoms with Gasteiger partial charge in [-0.3, -0.25) is 0 Å². The number of rotatable bonds is 4. The second-order valence-corrected chi connectivity index (χ2v) is 6.06. The van der Waals surface area contributed by atoms with Crippen molar-refractivity contribution in [2.75, 3.05) is 36.9 Å². The van der Waals surface area contributed by atoms with Gasteiger partial charge in [0, 0.05) is 37.1 Å². The third kappa shape index (κ3) is 3.97. The van der Waals surface area contributed by atoms with Gasteiger partial charge in [-0.05, 0) is 18.2 Å². The molecule has 2 N–H and O–H groups in total. The van der Waals surface area contributed by atoms with Crippen LogP contribution in [0.4, 0.5) is 11.9 Å². The Balaban J connectivity index is 1.72. The number of nitriles is 1. The number of anilines is 2. The van der Waals surface area contributed by atoms with Gasteiger partial charge in [0.15, 0.2) is 0 Å². The van der Waals surface area contributed by atoms with E-state index in [2.05, 4.69) is 26.0 Å². The fourth-order valence-electron chi connectivity index (χ4n) is 2.74. The van der Waals surface area contributed by atoms with Crippen molar-refractivity contribution < 1.29 is 9.47 Å². The van der Waals surface area contributed by atoms with Gasteiger partial charge in [-0.15, -0.1) is 0 Å². The lowest BCUT2D eigenvalue weighted by molar-refractivity contribution is 0.122. The molecule has 3 heterocycles. The molecule has 1 saturated heterocycles. The van der Waals surface area contributed by atoms with Crippen LogP contribution in [0.1, 0.15) is 5.56 Å². The molecule has 3 aromatic rings. The molecule has 0 saturated carbocycles. The summed E-state index contributed by atoms with van der Waals surface area (Å²) in [6.45, 7) is 2.59. The van der Waals surface area contributed by atoms with Crippen LogP contribution in [0.3, 0.4) is 0 Å². The molecule has 2 aromatic heterocycles. The average Bonchev–Trinajstić information content (AvgIpc) is 2.75. The lowest BCUT2D eigenvalue weighted by Crippen LogP contribution is -2.37. The molecule has 1 aliphatic rings. The van der Waals surface area contributed by atoms with Gasteiger partial charge in [0.1, 0.15) is 5.75 Å². The number of morpholine rings is 1. The van der Waals surface area contributed by atoms with Gasteiger partial charge in [-0.2, -0.15) is 10.2 Å². The molecule has 1 aliphatic heterocycles. The molecular formula is C19H17N7O2. The van der Waals surface area contributed by atoms with E-state index in [1.54, 1.807) is 42.7 Å². The molecule has 9 heteroatoms. The zero-order chi connectivity index (χ0) is 19.3. The zero-order valence-corrected chi connectivity index (χ0v) is 14.9. The number of benzene rings is 1. The molecular weight excluding hydrogens is 358 g/mol. The number of nitrogens with zero attached hydrogens (tertiary/aromatic N) is 6. The third-order valence-electron chi connectivity index (χ3n) is 4.14. The van der Waals surface area contributed by atoms with Crippen molar-refractivity contribution in [3.8, 4) is 29.0 Å². The van der Waals surface area contributed by atoms with Crippen LogP contribution in [0.5, 0.6) is 11.6 Å². The number of aromatic nitrogens is 4. The number of hydrogen-bond acceptors (Lipinski definition) is 9. The highest BCUT2D eigenvalue weighted by Gasteiger charge is 2.17. The lowest BCUT2D eigenvalue weighted by atomic mass is 10.2. The van der Waals surface area contributed by atoms with Crippen LogP contribution in [0.2, 0.25) is 0 Å². The summed E-state index contributed by atoms with van der Waals surface area (Å²) in [7, 11) is 0. The quantitative estimate of drug-likeness (QED) is 0.729. The van der Waals surface area contributed by atoms with Gasteiger partial charge >= 0.3 is 0 Å². The second-order valence-electron chi connectivity index (χ2n) is 6.06. The molecule has 0 atom stereocenters. The first-order valence-electron chi connectivity index (χ1n) is 8.69. The molecule has 0 spiro atoms. The van der Waals surface area contributed by atoms with Crippen LogP contribution >= 0.6 is 0 Å². The Morgan fingerprint density at radius 1 is 1.11 bits per heavy atom. The summed E-state index contributed by atoms with van der Waals surface area (Å²) in [5.74, 6) is 1.60. The summed E-state index contributed by atoms with van der Waals surface area (Å²) in [6, 6.07) is 10.7. The van der Waals surface area contributed by atoms with E-state index in [0.29, 0.717) is 60.7 Å². The van der Waals surface area contributed by atoms with Crippen molar-refractivity contribution in [2.24, 2.45) is 0 Å². The van der Waals surface area contributed by atoms with E-state index < -0.39 is 0 Å². The molecule has 4 rings (SSSR count). The largest absolute Gasteiger partial charge is 0.439 e. The predicted molar refractivity (Wildman–Crippen MR) is 102 cm³/mol. The Morgan fingerprint density at radius 2 is 1.89 bits per heavy atom. The van der Waals surface area contributed by atoms with Crippen LogP contribution in [0, 0.1) is 11.3 Å². The van der Waals surface area contributed by atoms with Gasteiger partial charge in [-0.1, -0.05) is 6.07 Å². The first-order valence-corrected chi connectivity index (χ1v) is 8.69. The van der Waals surface area contributed by atoms with Crippen molar-refractivity contribution in [1.29, 1.82) is 5.26 Å². The van der Waals surface area contributed by atoms with E-state index >= 15 is 0 Å². The number of nitrogen functional groups attached to an aromatic ring is 1. The minimum atomic E-state index is 0.191. The van der Waals surface area contributed by atoms with Crippen molar-refractivity contribution in [2.45, 2.75) is 0 Å². The smallest absolute Gasteiger partial charge is 0.229 e. The van der Waals surface area contributed by atoms with Crippen LogP contribution in [-0.2, 0) is 4.74 Å². The number of nitrogens with two attached hydrogens (primary N) is 1. The van der Waals surface area contributed by atoms with Crippen LogP contribution in [0.25, 0.3) is 11.3 Å². The molecule has 0 amide bonds. The number of hydrogen-bond donors (Lipinski definition) is 1. The molecule has 0 aliphatic carbocycles. The van der Waals surface area contributed by atoms with Crippen molar-refractivity contribution in [3.63, 3.8) is 0 Å². The van der Waals surface area contributed by atoms with Crippen LogP contribution < -0.4 is 15.4 Å². The molecule has 0 radical (unpaired) electrons. The van der Waals surface area contributed by atoms with E-state index in [-0.39, 0.29) is 5.95 Å². The van der Waals surface area contributed by atoms with Gasteiger partial charge in [0.2, 0.25) is 17.8 Å². The Hall–Kier alpha value is -3.77. The maximum Gasteiger partial charge on any atom is 0.229 e. The Morgan fingerprint density at radius 3 is 2.64 bits per heavy atom. The summed E-state index contributed by atoms with van der Waals surface area (Å²) in [4.78, 5) is 19.3. The Bertz CT molecular complexity index is 1010. The first-order chi connectivity index (χ1) is 13.7. The maximum absolute atomic E-state index is 9.08. The normalized spacial score (nSPS) is 13.8. The summed E-state index contributed by atoms with van der Waals surface area (Å²) < 4.78 is 11.3. The van der Waals surface area contributed by atoms with Gasteiger partial charge in [0.25, 0.3) is 0 Å². The predicted octanol–water partition coefficient (Wildman–Crippen LogP) is 2.02. The lowest BCUT2D eigenvalue weighted by Gasteiger charge is -2.27. The standard InChI is InChI=1S/C19H17N7O2/c20-10-13-2-1-3-15(8-13)28-17-9-16(14-11-22-18(21)23-12-14)24-19(25-17)26-4-6-27-7-5-26/h1-3,8-9,11-12H,4-7H2,(H2,21,22,23). The van der Waals surface area contributed by atoms with E-state index in [1.807, 2.05) is 4.90 Å². The van der Waals surface area contributed by atoms with Crippen LogP contribution in [0.15, 0.2) is 42.7 Å². The average molecular weight is 375 g/mol. The van der Waals surface area contributed by atoms with E-state index in [4.69, 9.17) is 20.5 Å². The molecule has 9 nitrogen and oxygen atoms in total. The first kappa shape index (κ1) is 17.6. The molecule has 28 heavy (non-hydrogen) atoms. The second kappa shape index (κ2) is 7.85. The minimum absolute atomic E-state index is 0.191. The highest BCUT2D eigenvalue weighted by molar-refractivity contribution is 5.61. The fraction of sp³-hybridized carbons (Fsp3) is 0.211. The Kier molecular flexibility index (Phi) is 4.95. The van der Waals surface area contributed by atoms with Gasteiger partial charge in [-0.25, -0.2) is 15.0 Å². The highest BCUT2D eigenvalue weighted by Crippen LogP contribution is 2.27. The Labute approximate surface area is 161 Å². The van der Waals surface area contributed by atoms with E-state index in [1.165, 1.54) is 0 Å². The van der Waals surface area contributed by atoms with Crippen molar-refractivity contribution >= 4 is 11.9 Å². The summed E-state index contributed by atoms with van der Waals surface area (Å²) in [5.41, 5.74) is 7.40. The monoisotopic (exact) mass is 375 g/mol. The summed E-state index contributed by atoms with van der Waals surface area (Å²) in [5, 5.41) is 9.08. The fourth-order valence-corrected chi connectivity index (χ4v) is 2.74.